The van der Waals surface area contributed by atoms with Crippen LogP contribution in [0.5, 0.6) is 5.75 Å². The molecule has 1 aromatic carbocycles. The van der Waals surface area contributed by atoms with Crippen LogP contribution in [0, 0.1) is 6.92 Å². The normalized spacial score (nSPS) is 11.6. The predicted molar refractivity (Wildman–Crippen MR) is 104 cm³/mol. The number of amides is 2. The van der Waals surface area contributed by atoms with Gasteiger partial charge >= 0.3 is 11.8 Å². The summed E-state index contributed by atoms with van der Waals surface area (Å²) in [4.78, 5) is 25.6. The van der Waals surface area contributed by atoms with Gasteiger partial charge in [-0.2, -0.15) is 5.10 Å². The number of anilines is 1. The van der Waals surface area contributed by atoms with Gasteiger partial charge < -0.3 is 15.4 Å². The van der Waals surface area contributed by atoms with E-state index in [4.69, 9.17) is 4.74 Å². The number of methoxy groups -OCH3 is 1. The number of hydrogen-bond acceptors (Lipinski definition) is 5. The quantitative estimate of drug-likeness (QED) is 0.640. The molecule has 0 saturated carbocycles. The Morgan fingerprint density at radius 1 is 1.26 bits per heavy atom. The summed E-state index contributed by atoms with van der Waals surface area (Å²) in [5.41, 5.74) is 1.41. The largest absolute Gasteiger partial charge is 0.495 e. The molecular weight excluding hydrogens is 364 g/mol. The highest BCUT2D eigenvalue weighted by atomic mass is 32.1. The second-order valence-electron chi connectivity index (χ2n) is 5.89. The zero-order valence-corrected chi connectivity index (χ0v) is 15.8. The van der Waals surface area contributed by atoms with Gasteiger partial charge in [0.15, 0.2) is 0 Å². The van der Waals surface area contributed by atoms with Crippen molar-refractivity contribution in [1.82, 2.24) is 15.1 Å². The molecule has 0 unspecified atom stereocenters. The Hall–Kier alpha value is -3.13. The maximum Gasteiger partial charge on any atom is 0.313 e. The van der Waals surface area contributed by atoms with Crippen LogP contribution >= 0.6 is 11.3 Å². The fourth-order valence-electron chi connectivity index (χ4n) is 2.64. The molecular formula is C19H20N4O3S. The number of benzene rings is 1. The molecule has 0 fully saturated rings. The van der Waals surface area contributed by atoms with Crippen LogP contribution in [0.15, 0.2) is 54.2 Å². The Kier molecular flexibility index (Phi) is 5.87. The molecule has 140 valence electrons. The minimum absolute atomic E-state index is 0.176. The van der Waals surface area contributed by atoms with Crippen molar-refractivity contribution in [2.45, 2.75) is 13.0 Å². The number of ether oxygens (including phenoxy) is 1. The standard InChI is InChI=1S/C19H20N4O3S/c1-13-6-7-16(26-2)14(11-13)22-19(25)18(24)20-12-15(17-5-3-10-27-17)23-9-4-8-21-23/h3-11,15H,12H2,1-2H3,(H,20,24)(H,22,25)/t15-/m0/s1. The van der Waals surface area contributed by atoms with Crippen molar-refractivity contribution >= 4 is 28.8 Å². The van der Waals surface area contributed by atoms with Gasteiger partial charge in [0.2, 0.25) is 0 Å². The average molecular weight is 384 g/mol. The van der Waals surface area contributed by atoms with E-state index in [9.17, 15) is 9.59 Å². The van der Waals surface area contributed by atoms with Crippen LogP contribution < -0.4 is 15.4 Å². The highest BCUT2D eigenvalue weighted by Gasteiger charge is 2.20. The summed E-state index contributed by atoms with van der Waals surface area (Å²) in [5, 5.41) is 11.5. The van der Waals surface area contributed by atoms with Crippen LogP contribution in [0.3, 0.4) is 0 Å². The summed E-state index contributed by atoms with van der Waals surface area (Å²) in [6.45, 7) is 2.14. The molecule has 0 radical (unpaired) electrons. The molecule has 2 amide bonds. The first-order valence-electron chi connectivity index (χ1n) is 8.35. The van der Waals surface area contributed by atoms with E-state index < -0.39 is 11.8 Å². The van der Waals surface area contributed by atoms with Crippen molar-refractivity contribution in [1.29, 1.82) is 0 Å². The van der Waals surface area contributed by atoms with Gasteiger partial charge in [-0.05, 0) is 42.1 Å². The number of thiophene rings is 1. The van der Waals surface area contributed by atoms with E-state index in [1.165, 1.54) is 7.11 Å². The first-order valence-corrected chi connectivity index (χ1v) is 9.23. The van der Waals surface area contributed by atoms with E-state index in [-0.39, 0.29) is 12.6 Å². The summed E-state index contributed by atoms with van der Waals surface area (Å²) >= 11 is 1.57. The number of nitrogens with one attached hydrogen (secondary N) is 2. The summed E-state index contributed by atoms with van der Waals surface area (Å²) < 4.78 is 6.98. The van der Waals surface area contributed by atoms with Crippen molar-refractivity contribution < 1.29 is 14.3 Å². The second-order valence-corrected chi connectivity index (χ2v) is 6.86. The van der Waals surface area contributed by atoms with Crippen molar-refractivity contribution in [3.63, 3.8) is 0 Å². The van der Waals surface area contributed by atoms with Crippen molar-refractivity contribution in [3.8, 4) is 5.75 Å². The third-order valence-electron chi connectivity index (χ3n) is 3.98. The fraction of sp³-hybridized carbons (Fsp3) is 0.211. The molecule has 7 nitrogen and oxygen atoms in total. The lowest BCUT2D eigenvalue weighted by Crippen LogP contribution is -2.38. The summed E-state index contributed by atoms with van der Waals surface area (Å²) in [6, 6.07) is 10.9. The van der Waals surface area contributed by atoms with E-state index in [1.54, 1.807) is 34.3 Å². The average Bonchev–Trinajstić information content (AvgIpc) is 3.36. The zero-order valence-electron chi connectivity index (χ0n) is 15.0. The first kappa shape index (κ1) is 18.7. The number of rotatable bonds is 6. The van der Waals surface area contributed by atoms with Gasteiger partial charge in [-0.25, -0.2) is 0 Å². The minimum atomic E-state index is -0.746. The molecule has 0 aliphatic carbocycles. The summed E-state index contributed by atoms with van der Waals surface area (Å²) in [6.07, 6.45) is 3.51. The Morgan fingerprint density at radius 2 is 2.11 bits per heavy atom. The fourth-order valence-corrected chi connectivity index (χ4v) is 3.46. The molecule has 0 spiro atoms. The Bertz CT molecular complexity index is 873. The van der Waals surface area contributed by atoms with E-state index in [1.807, 2.05) is 42.8 Å². The zero-order chi connectivity index (χ0) is 19.2. The van der Waals surface area contributed by atoms with Gasteiger partial charge in [0.25, 0.3) is 0 Å². The van der Waals surface area contributed by atoms with Gasteiger partial charge in [0, 0.05) is 23.8 Å². The molecule has 0 aliphatic heterocycles. The highest BCUT2D eigenvalue weighted by Crippen LogP contribution is 2.25. The first-order chi connectivity index (χ1) is 13.1. The molecule has 1 atom stereocenters. The van der Waals surface area contributed by atoms with Gasteiger partial charge in [-0.3, -0.25) is 14.3 Å². The third kappa shape index (κ3) is 4.53. The lowest BCUT2D eigenvalue weighted by molar-refractivity contribution is -0.136. The molecule has 0 saturated heterocycles. The van der Waals surface area contributed by atoms with Crippen LogP contribution in [-0.4, -0.2) is 35.2 Å². The van der Waals surface area contributed by atoms with Crippen LogP contribution in [0.25, 0.3) is 0 Å². The van der Waals surface area contributed by atoms with E-state index >= 15 is 0 Å². The molecule has 2 N–H and O–H groups in total. The Labute approximate surface area is 161 Å². The van der Waals surface area contributed by atoms with E-state index in [0.717, 1.165) is 10.4 Å². The second kappa shape index (κ2) is 8.50. The number of carbonyl (C=O) groups excluding carboxylic acids is 2. The number of nitrogens with zero attached hydrogens (tertiary/aromatic N) is 2. The molecule has 3 aromatic rings. The summed E-state index contributed by atoms with van der Waals surface area (Å²) in [7, 11) is 1.51. The minimum Gasteiger partial charge on any atom is -0.495 e. The van der Waals surface area contributed by atoms with Crippen molar-refractivity contribution in [2.75, 3.05) is 19.0 Å². The molecule has 2 heterocycles. The number of hydrogen-bond donors (Lipinski definition) is 2. The van der Waals surface area contributed by atoms with Gasteiger partial charge in [-0.15, -0.1) is 11.3 Å². The number of aromatic nitrogens is 2. The van der Waals surface area contributed by atoms with Gasteiger partial charge in [0.1, 0.15) is 11.8 Å². The predicted octanol–water partition coefficient (Wildman–Crippen LogP) is 2.61. The molecule has 27 heavy (non-hydrogen) atoms. The van der Waals surface area contributed by atoms with Crippen molar-refractivity contribution in [2.24, 2.45) is 0 Å². The SMILES string of the molecule is COc1ccc(C)cc1NC(=O)C(=O)NC[C@@H](c1cccs1)n1cccn1. The molecule has 2 aromatic heterocycles. The lowest BCUT2D eigenvalue weighted by Gasteiger charge is -2.17. The van der Waals surface area contributed by atoms with E-state index in [2.05, 4.69) is 15.7 Å². The van der Waals surface area contributed by atoms with Gasteiger partial charge in [0.05, 0.1) is 12.8 Å². The highest BCUT2D eigenvalue weighted by molar-refractivity contribution is 7.10. The Balaban J connectivity index is 1.66. The lowest BCUT2D eigenvalue weighted by atomic mass is 10.2. The van der Waals surface area contributed by atoms with Crippen LogP contribution in [0.2, 0.25) is 0 Å². The number of carbonyl (C=O) groups is 2. The maximum atomic E-state index is 12.3. The smallest absolute Gasteiger partial charge is 0.313 e. The van der Waals surface area contributed by atoms with Crippen LogP contribution in [0.4, 0.5) is 5.69 Å². The number of aryl methyl sites for hydroxylation is 1. The molecule has 0 aliphatic rings. The maximum absolute atomic E-state index is 12.3. The molecule has 3 rings (SSSR count). The topological polar surface area (TPSA) is 85.2 Å². The van der Waals surface area contributed by atoms with Crippen LogP contribution in [0.1, 0.15) is 16.5 Å². The third-order valence-corrected chi connectivity index (χ3v) is 4.95. The Morgan fingerprint density at radius 3 is 2.78 bits per heavy atom. The van der Waals surface area contributed by atoms with Crippen molar-refractivity contribution in [3.05, 3.63) is 64.6 Å². The van der Waals surface area contributed by atoms with Crippen LogP contribution in [-0.2, 0) is 9.59 Å². The molecule has 0 bridgehead atoms. The summed E-state index contributed by atoms with van der Waals surface area (Å²) in [5.74, 6) is -0.966. The van der Waals surface area contributed by atoms with Gasteiger partial charge in [-0.1, -0.05) is 12.1 Å². The van der Waals surface area contributed by atoms with E-state index in [0.29, 0.717) is 11.4 Å². The monoisotopic (exact) mass is 384 g/mol. The molecule has 8 heteroatoms.